The second kappa shape index (κ2) is 9.12. The SMILES string of the molecule is CC1CCN(C(=O)c2ccc(NS(=O)(=O)c3ccc(-c4ccc(F)cc4)cc3)cc2)CC1. The van der Waals surface area contributed by atoms with Gasteiger partial charge in [0.05, 0.1) is 4.90 Å². The number of nitrogens with one attached hydrogen (secondary N) is 1. The molecule has 0 spiro atoms. The number of nitrogens with zero attached hydrogens (tertiary/aromatic N) is 1. The van der Waals surface area contributed by atoms with Crippen molar-refractivity contribution in [1.29, 1.82) is 0 Å². The van der Waals surface area contributed by atoms with Gasteiger partial charge in [0, 0.05) is 24.3 Å². The van der Waals surface area contributed by atoms with E-state index in [0.29, 0.717) is 17.2 Å². The molecule has 0 aliphatic carbocycles. The molecule has 166 valence electrons. The van der Waals surface area contributed by atoms with E-state index in [2.05, 4.69) is 11.6 Å². The minimum Gasteiger partial charge on any atom is -0.339 e. The Morgan fingerprint density at radius 3 is 1.97 bits per heavy atom. The molecule has 1 N–H and O–H groups in total. The van der Waals surface area contributed by atoms with Gasteiger partial charge in [0.15, 0.2) is 0 Å². The molecule has 3 aromatic carbocycles. The summed E-state index contributed by atoms with van der Waals surface area (Å²) in [7, 11) is -3.78. The molecule has 0 saturated carbocycles. The molecule has 0 radical (unpaired) electrons. The minimum atomic E-state index is -3.78. The van der Waals surface area contributed by atoms with Crippen molar-refractivity contribution in [3.05, 3.63) is 84.2 Å². The van der Waals surface area contributed by atoms with Gasteiger partial charge in [0.25, 0.3) is 15.9 Å². The summed E-state index contributed by atoms with van der Waals surface area (Å²) in [6, 6.07) is 18.9. The Balaban J connectivity index is 1.44. The fourth-order valence-electron chi connectivity index (χ4n) is 3.76. The van der Waals surface area contributed by atoms with E-state index in [1.807, 2.05) is 4.90 Å². The Morgan fingerprint density at radius 2 is 1.41 bits per heavy atom. The monoisotopic (exact) mass is 452 g/mol. The van der Waals surface area contributed by atoms with Crippen LogP contribution in [0, 0.1) is 11.7 Å². The van der Waals surface area contributed by atoms with Gasteiger partial charge in [-0.2, -0.15) is 0 Å². The van der Waals surface area contributed by atoms with Gasteiger partial charge in [-0.25, -0.2) is 12.8 Å². The van der Waals surface area contributed by atoms with Gasteiger partial charge >= 0.3 is 0 Å². The highest BCUT2D eigenvalue weighted by Crippen LogP contribution is 2.24. The maximum atomic E-state index is 13.1. The zero-order chi connectivity index (χ0) is 22.7. The molecule has 0 unspecified atom stereocenters. The van der Waals surface area contributed by atoms with E-state index in [1.54, 1.807) is 48.5 Å². The first-order chi connectivity index (χ1) is 15.3. The summed E-state index contributed by atoms with van der Waals surface area (Å²) in [5, 5.41) is 0. The lowest BCUT2D eigenvalue weighted by atomic mass is 9.98. The summed E-state index contributed by atoms with van der Waals surface area (Å²) in [6.45, 7) is 3.70. The molecule has 0 bridgehead atoms. The highest BCUT2D eigenvalue weighted by Gasteiger charge is 2.21. The largest absolute Gasteiger partial charge is 0.339 e. The molecule has 4 rings (SSSR count). The lowest BCUT2D eigenvalue weighted by molar-refractivity contribution is 0.0697. The highest BCUT2D eigenvalue weighted by atomic mass is 32.2. The number of likely N-dealkylation sites (tertiary alicyclic amines) is 1. The van der Waals surface area contributed by atoms with Crippen LogP contribution in [0.4, 0.5) is 10.1 Å². The van der Waals surface area contributed by atoms with E-state index < -0.39 is 10.0 Å². The predicted molar refractivity (Wildman–Crippen MR) is 123 cm³/mol. The number of hydrogen-bond acceptors (Lipinski definition) is 3. The summed E-state index contributed by atoms with van der Waals surface area (Å²) in [4.78, 5) is 14.6. The number of anilines is 1. The average molecular weight is 453 g/mol. The van der Waals surface area contributed by atoms with Crippen LogP contribution in [-0.4, -0.2) is 32.3 Å². The highest BCUT2D eigenvalue weighted by molar-refractivity contribution is 7.92. The minimum absolute atomic E-state index is 0.0253. The summed E-state index contributed by atoms with van der Waals surface area (Å²) in [5.41, 5.74) is 2.52. The van der Waals surface area contributed by atoms with Crippen molar-refractivity contribution in [3.63, 3.8) is 0 Å². The van der Waals surface area contributed by atoms with Crippen molar-refractivity contribution in [1.82, 2.24) is 4.90 Å². The van der Waals surface area contributed by atoms with Crippen molar-refractivity contribution >= 4 is 21.6 Å². The number of carbonyl (C=O) groups excluding carboxylic acids is 1. The molecule has 0 atom stereocenters. The molecular formula is C25H25FN2O3S. The van der Waals surface area contributed by atoms with E-state index in [0.717, 1.165) is 37.1 Å². The van der Waals surface area contributed by atoms with Crippen LogP contribution in [0.5, 0.6) is 0 Å². The standard InChI is InChI=1S/C25H25FN2O3S/c1-18-14-16-28(17-15-18)25(29)21-4-10-23(11-5-21)27-32(30,31)24-12-6-20(7-13-24)19-2-8-22(26)9-3-19/h2-13,18,27H,14-17H2,1H3. The van der Waals surface area contributed by atoms with Crippen LogP contribution >= 0.6 is 0 Å². The number of rotatable bonds is 5. The van der Waals surface area contributed by atoms with E-state index in [4.69, 9.17) is 0 Å². The van der Waals surface area contributed by atoms with Gasteiger partial charge in [0.2, 0.25) is 0 Å². The lowest BCUT2D eigenvalue weighted by Crippen LogP contribution is -2.37. The van der Waals surface area contributed by atoms with E-state index in [1.165, 1.54) is 24.3 Å². The Morgan fingerprint density at radius 1 is 0.875 bits per heavy atom. The van der Waals surface area contributed by atoms with Crippen LogP contribution in [-0.2, 0) is 10.0 Å². The van der Waals surface area contributed by atoms with Crippen LogP contribution in [0.3, 0.4) is 0 Å². The molecule has 1 fully saturated rings. The molecule has 1 heterocycles. The maximum Gasteiger partial charge on any atom is 0.261 e. The van der Waals surface area contributed by atoms with Crippen molar-refractivity contribution in [2.75, 3.05) is 17.8 Å². The third-order valence-corrected chi connectivity index (χ3v) is 7.19. The van der Waals surface area contributed by atoms with Crippen LogP contribution in [0.1, 0.15) is 30.1 Å². The fourth-order valence-corrected chi connectivity index (χ4v) is 4.82. The number of hydrogen-bond donors (Lipinski definition) is 1. The van der Waals surface area contributed by atoms with E-state index >= 15 is 0 Å². The zero-order valence-corrected chi connectivity index (χ0v) is 18.6. The average Bonchev–Trinajstić information content (AvgIpc) is 2.80. The van der Waals surface area contributed by atoms with Crippen molar-refractivity contribution in [3.8, 4) is 11.1 Å². The van der Waals surface area contributed by atoms with Crippen LogP contribution in [0.25, 0.3) is 11.1 Å². The van der Waals surface area contributed by atoms with E-state index in [-0.39, 0.29) is 16.6 Å². The fraction of sp³-hybridized carbons (Fsp3) is 0.240. The first-order valence-corrected chi connectivity index (χ1v) is 12.1. The molecule has 0 aromatic heterocycles. The number of halogens is 1. The quantitative estimate of drug-likeness (QED) is 0.581. The summed E-state index contributed by atoms with van der Waals surface area (Å²) in [6.07, 6.45) is 2.01. The number of carbonyl (C=O) groups is 1. The van der Waals surface area contributed by atoms with Gasteiger partial charge in [-0.3, -0.25) is 9.52 Å². The van der Waals surface area contributed by atoms with Gasteiger partial charge in [-0.15, -0.1) is 0 Å². The van der Waals surface area contributed by atoms with Crippen molar-refractivity contribution < 1.29 is 17.6 Å². The smallest absolute Gasteiger partial charge is 0.261 e. The molecule has 7 heteroatoms. The van der Waals surface area contributed by atoms with Crippen LogP contribution in [0.15, 0.2) is 77.7 Å². The normalized spacial score (nSPS) is 14.9. The van der Waals surface area contributed by atoms with Gasteiger partial charge < -0.3 is 4.90 Å². The third-order valence-electron chi connectivity index (χ3n) is 5.80. The Kier molecular flexibility index (Phi) is 6.28. The number of piperidine rings is 1. The topological polar surface area (TPSA) is 66.5 Å². The molecule has 3 aromatic rings. The lowest BCUT2D eigenvalue weighted by Gasteiger charge is -2.30. The summed E-state index contributed by atoms with van der Waals surface area (Å²) >= 11 is 0. The molecule has 32 heavy (non-hydrogen) atoms. The predicted octanol–water partition coefficient (Wildman–Crippen LogP) is 5.17. The summed E-state index contributed by atoms with van der Waals surface area (Å²) in [5.74, 6) is 0.290. The molecular weight excluding hydrogens is 427 g/mol. The number of benzene rings is 3. The molecule has 1 aliphatic rings. The second-order valence-corrected chi connectivity index (χ2v) is 9.87. The second-order valence-electron chi connectivity index (χ2n) is 8.19. The Labute approximate surface area is 187 Å². The van der Waals surface area contributed by atoms with Crippen molar-refractivity contribution in [2.24, 2.45) is 5.92 Å². The van der Waals surface area contributed by atoms with Crippen LogP contribution < -0.4 is 4.72 Å². The number of sulfonamides is 1. The first-order valence-electron chi connectivity index (χ1n) is 10.6. The van der Waals surface area contributed by atoms with E-state index in [9.17, 15) is 17.6 Å². The van der Waals surface area contributed by atoms with Crippen molar-refractivity contribution in [2.45, 2.75) is 24.7 Å². The zero-order valence-electron chi connectivity index (χ0n) is 17.8. The molecule has 1 aliphatic heterocycles. The van der Waals surface area contributed by atoms with Crippen LogP contribution in [0.2, 0.25) is 0 Å². The Hall–Kier alpha value is -3.19. The van der Waals surface area contributed by atoms with Gasteiger partial charge in [-0.05, 0) is 78.4 Å². The summed E-state index contributed by atoms with van der Waals surface area (Å²) < 4.78 is 41.2. The van der Waals surface area contributed by atoms with Gasteiger partial charge in [-0.1, -0.05) is 31.2 Å². The Bertz CT molecular complexity index is 1180. The molecule has 1 amide bonds. The molecule has 1 saturated heterocycles. The third kappa shape index (κ3) is 4.99. The number of amides is 1. The van der Waals surface area contributed by atoms with Gasteiger partial charge in [0.1, 0.15) is 5.82 Å². The maximum absolute atomic E-state index is 13.1. The molecule has 5 nitrogen and oxygen atoms in total. The first kappa shape index (κ1) is 22.0.